The Hall–Kier alpha value is -3.61. The summed E-state index contributed by atoms with van der Waals surface area (Å²) >= 11 is 0. The van der Waals surface area contributed by atoms with Crippen molar-refractivity contribution in [2.75, 3.05) is 6.79 Å². The van der Waals surface area contributed by atoms with Crippen molar-refractivity contribution in [2.45, 2.75) is 6.92 Å². The van der Waals surface area contributed by atoms with E-state index in [9.17, 15) is 9.59 Å². The smallest absolute Gasteiger partial charge is 0.270 e. The molecular formula is C19H15N3O4. The largest absolute Gasteiger partial charge is 0.454 e. The molecule has 0 saturated carbocycles. The number of carbonyl (C=O) groups excluding carboxylic acids is 2. The van der Waals surface area contributed by atoms with Crippen molar-refractivity contribution in [3.05, 3.63) is 65.4 Å². The van der Waals surface area contributed by atoms with E-state index in [-0.39, 0.29) is 6.79 Å². The van der Waals surface area contributed by atoms with Gasteiger partial charge in [-0.05, 0) is 37.3 Å². The van der Waals surface area contributed by atoms with Gasteiger partial charge in [-0.1, -0.05) is 18.2 Å². The summed E-state index contributed by atoms with van der Waals surface area (Å²) < 4.78 is 10.5. The fraction of sp³-hybridized carbons (Fsp3) is 0.105. The lowest BCUT2D eigenvalue weighted by Gasteiger charge is -2.10. The normalized spacial score (nSPS) is 12.0. The van der Waals surface area contributed by atoms with Crippen LogP contribution in [-0.4, -0.2) is 23.6 Å². The van der Waals surface area contributed by atoms with Crippen molar-refractivity contribution in [1.82, 2.24) is 15.8 Å². The summed E-state index contributed by atoms with van der Waals surface area (Å²) in [6.07, 6.45) is 0. The molecule has 7 heteroatoms. The number of hydrogen-bond donors (Lipinski definition) is 2. The SMILES string of the molecule is Cc1cc(C(=O)NNC(=O)c2ccc3c(c2)OCO3)c2ccccc2n1. The summed E-state index contributed by atoms with van der Waals surface area (Å²) in [7, 11) is 0. The molecule has 1 aliphatic rings. The van der Waals surface area contributed by atoms with Crippen molar-refractivity contribution in [1.29, 1.82) is 0 Å². The molecule has 2 heterocycles. The first kappa shape index (κ1) is 15.9. The highest BCUT2D eigenvalue weighted by Gasteiger charge is 2.17. The highest BCUT2D eigenvalue weighted by molar-refractivity contribution is 6.07. The zero-order chi connectivity index (χ0) is 18.1. The molecule has 0 saturated heterocycles. The highest BCUT2D eigenvalue weighted by Crippen LogP contribution is 2.32. The monoisotopic (exact) mass is 349 g/mol. The van der Waals surface area contributed by atoms with Crippen LogP contribution >= 0.6 is 0 Å². The average molecular weight is 349 g/mol. The number of benzene rings is 2. The van der Waals surface area contributed by atoms with E-state index in [1.54, 1.807) is 24.3 Å². The molecule has 4 rings (SSSR count). The van der Waals surface area contributed by atoms with E-state index >= 15 is 0 Å². The number of nitrogens with one attached hydrogen (secondary N) is 2. The first-order valence-corrected chi connectivity index (χ1v) is 7.98. The molecule has 7 nitrogen and oxygen atoms in total. The zero-order valence-electron chi connectivity index (χ0n) is 13.9. The number of pyridine rings is 1. The number of aryl methyl sites for hydroxylation is 1. The minimum Gasteiger partial charge on any atom is -0.454 e. The van der Waals surface area contributed by atoms with Crippen molar-refractivity contribution in [2.24, 2.45) is 0 Å². The summed E-state index contributed by atoms with van der Waals surface area (Å²) in [6.45, 7) is 1.94. The fourth-order valence-corrected chi connectivity index (χ4v) is 2.79. The van der Waals surface area contributed by atoms with Gasteiger partial charge in [0.1, 0.15) is 0 Å². The van der Waals surface area contributed by atoms with Crippen LogP contribution in [-0.2, 0) is 0 Å². The van der Waals surface area contributed by atoms with Crippen molar-refractivity contribution in [3.63, 3.8) is 0 Å². The predicted molar refractivity (Wildman–Crippen MR) is 94.0 cm³/mol. The van der Waals surface area contributed by atoms with Crippen molar-refractivity contribution >= 4 is 22.7 Å². The second-order valence-corrected chi connectivity index (χ2v) is 5.80. The Balaban J connectivity index is 1.51. The summed E-state index contributed by atoms with van der Waals surface area (Å²) in [4.78, 5) is 29.2. The van der Waals surface area contributed by atoms with Crippen LogP contribution in [0.15, 0.2) is 48.5 Å². The number of amides is 2. The topological polar surface area (TPSA) is 89.6 Å². The third-order valence-electron chi connectivity index (χ3n) is 4.01. The van der Waals surface area contributed by atoms with E-state index in [2.05, 4.69) is 15.8 Å². The third-order valence-corrected chi connectivity index (χ3v) is 4.01. The third kappa shape index (κ3) is 2.90. The number of nitrogens with zero attached hydrogens (tertiary/aromatic N) is 1. The number of rotatable bonds is 2. The molecule has 0 aliphatic carbocycles. The Kier molecular flexibility index (Phi) is 3.89. The number of fused-ring (bicyclic) bond motifs is 2. The second-order valence-electron chi connectivity index (χ2n) is 5.80. The minimum absolute atomic E-state index is 0.131. The Labute approximate surface area is 148 Å². The Morgan fingerprint density at radius 2 is 1.73 bits per heavy atom. The average Bonchev–Trinajstić information content (AvgIpc) is 3.12. The highest BCUT2D eigenvalue weighted by atomic mass is 16.7. The molecule has 1 aromatic heterocycles. The molecule has 2 aromatic carbocycles. The van der Waals surface area contributed by atoms with Gasteiger partial charge in [-0.2, -0.15) is 0 Å². The lowest BCUT2D eigenvalue weighted by molar-refractivity contribution is 0.0847. The van der Waals surface area contributed by atoms with Crippen LogP contribution in [0, 0.1) is 6.92 Å². The quantitative estimate of drug-likeness (QED) is 0.693. The molecule has 2 amide bonds. The Morgan fingerprint density at radius 1 is 0.962 bits per heavy atom. The molecule has 0 spiro atoms. The van der Waals surface area contributed by atoms with Gasteiger partial charge in [0.15, 0.2) is 11.5 Å². The van der Waals surface area contributed by atoms with E-state index in [0.29, 0.717) is 28.0 Å². The fourth-order valence-electron chi connectivity index (χ4n) is 2.79. The van der Waals surface area contributed by atoms with Crippen LogP contribution in [0.5, 0.6) is 11.5 Å². The Morgan fingerprint density at radius 3 is 2.62 bits per heavy atom. The number of hydrazine groups is 1. The molecule has 130 valence electrons. The van der Waals surface area contributed by atoms with E-state index in [1.165, 1.54) is 0 Å². The predicted octanol–water partition coefficient (Wildman–Crippen LogP) is 2.35. The molecule has 0 bridgehead atoms. The van der Waals surface area contributed by atoms with Crippen molar-refractivity contribution in [3.8, 4) is 11.5 Å². The lowest BCUT2D eigenvalue weighted by Crippen LogP contribution is -2.41. The van der Waals surface area contributed by atoms with Gasteiger partial charge in [0, 0.05) is 16.6 Å². The summed E-state index contributed by atoms with van der Waals surface area (Å²) in [5, 5.41) is 0.716. The molecule has 0 radical (unpaired) electrons. The maximum Gasteiger partial charge on any atom is 0.270 e. The molecule has 0 atom stereocenters. The van der Waals surface area contributed by atoms with Gasteiger partial charge in [0.25, 0.3) is 11.8 Å². The van der Waals surface area contributed by atoms with Gasteiger partial charge < -0.3 is 9.47 Å². The standard InChI is InChI=1S/C19H15N3O4/c1-11-8-14(13-4-2-3-5-15(13)20-11)19(24)22-21-18(23)12-6-7-16-17(9-12)26-10-25-16/h2-9H,10H2,1H3,(H,21,23)(H,22,24). The van der Waals surface area contributed by atoms with Gasteiger partial charge in [-0.15, -0.1) is 0 Å². The van der Waals surface area contributed by atoms with Crippen LogP contribution in [0.1, 0.15) is 26.4 Å². The zero-order valence-corrected chi connectivity index (χ0v) is 13.9. The number of aromatic nitrogens is 1. The van der Waals surface area contributed by atoms with Gasteiger partial charge in [-0.3, -0.25) is 25.4 Å². The molecule has 3 aromatic rings. The number of carbonyl (C=O) groups is 2. The summed E-state index contributed by atoms with van der Waals surface area (Å²) in [5.74, 6) is 0.219. The van der Waals surface area contributed by atoms with Gasteiger partial charge in [-0.25, -0.2) is 0 Å². The number of para-hydroxylation sites is 1. The first-order chi connectivity index (χ1) is 12.6. The van der Waals surface area contributed by atoms with Crippen molar-refractivity contribution < 1.29 is 19.1 Å². The van der Waals surface area contributed by atoms with Crippen LogP contribution < -0.4 is 20.3 Å². The van der Waals surface area contributed by atoms with Crippen LogP contribution in [0.4, 0.5) is 0 Å². The molecule has 0 fully saturated rings. The van der Waals surface area contributed by atoms with E-state index in [4.69, 9.17) is 9.47 Å². The van der Waals surface area contributed by atoms with Gasteiger partial charge in [0.05, 0.1) is 11.1 Å². The maximum atomic E-state index is 12.5. The maximum absolute atomic E-state index is 12.5. The lowest BCUT2D eigenvalue weighted by atomic mass is 10.1. The van der Waals surface area contributed by atoms with Crippen LogP contribution in [0.3, 0.4) is 0 Å². The molecule has 1 aliphatic heterocycles. The summed E-state index contributed by atoms with van der Waals surface area (Å²) in [6, 6.07) is 13.8. The molecule has 0 unspecified atom stereocenters. The number of ether oxygens (including phenoxy) is 2. The molecule has 2 N–H and O–H groups in total. The molecule has 26 heavy (non-hydrogen) atoms. The molecular weight excluding hydrogens is 334 g/mol. The second kappa shape index (κ2) is 6.36. The van der Waals surface area contributed by atoms with Gasteiger partial charge in [0.2, 0.25) is 6.79 Å². The Bertz CT molecular complexity index is 1030. The minimum atomic E-state index is -0.452. The van der Waals surface area contributed by atoms with E-state index in [0.717, 1.165) is 11.2 Å². The van der Waals surface area contributed by atoms with Crippen LogP contribution in [0.2, 0.25) is 0 Å². The first-order valence-electron chi connectivity index (χ1n) is 7.98. The summed E-state index contributed by atoms with van der Waals surface area (Å²) in [5.41, 5.74) is 7.10. The number of hydrogen-bond acceptors (Lipinski definition) is 5. The van der Waals surface area contributed by atoms with Crippen LogP contribution in [0.25, 0.3) is 10.9 Å². The van der Waals surface area contributed by atoms with E-state index in [1.807, 2.05) is 31.2 Å². The van der Waals surface area contributed by atoms with Gasteiger partial charge >= 0.3 is 0 Å². The van der Waals surface area contributed by atoms with E-state index < -0.39 is 11.8 Å².